The van der Waals surface area contributed by atoms with Crippen LogP contribution >= 0.6 is 12.2 Å². The van der Waals surface area contributed by atoms with Crippen molar-refractivity contribution in [3.8, 4) is 0 Å². The van der Waals surface area contributed by atoms with Crippen molar-refractivity contribution in [3.63, 3.8) is 0 Å². The number of carbonyl (C=O) groups is 1. The van der Waals surface area contributed by atoms with Crippen LogP contribution in [-0.4, -0.2) is 42.1 Å². The quantitative estimate of drug-likeness (QED) is 0.501. The summed E-state index contributed by atoms with van der Waals surface area (Å²) in [6.07, 6.45) is 0.393. The largest absolute Gasteiger partial charge is 0.392 e. The molecule has 0 aliphatic heterocycles. The van der Waals surface area contributed by atoms with E-state index >= 15 is 0 Å². The number of hydrogen-bond acceptors (Lipinski definition) is 3. The van der Waals surface area contributed by atoms with Crippen LogP contribution in [0.2, 0.25) is 0 Å². The first kappa shape index (κ1) is 13.3. The van der Waals surface area contributed by atoms with E-state index in [2.05, 4.69) is 0 Å². The number of rotatable bonds is 7. The number of carbonyl (C=O) groups excluding carboxylic acids is 1. The van der Waals surface area contributed by atoms with E-state index in [0.717, 1.165) is 0 Å². The summed E-state index contributed by atoms with van der Waals surface area (Å²) in [6, 6.07) is 0. The smallest absolute Gasteiger partial charge is 0.225 e. The van der Waals surface area contributed by atoms with Gasteiger partial charge in [-0.15, -0.1) is 0 Å². The Morgan fingerprint density at radius 1 is 1.50 bits per heavy atom. The Labute approximate surface area is 90.4 Å². The standard InChI is InChI=1S/C9H18N2O2S/c1-3-11(7-8(10)14)9(12)5-6-13-4-2/h3-7H2,1-2H3,(H2,10,14). The van der Waals surface area contributed by atoms with Gasteiger partial charge in [-0.2, -0.15) is 0 Å². The zero-order chi connectivity index (χ0) is 11.0. The second-order valence-corrected chi connectivity index (χ2v) is 3.35. The number of ether oxygens (including phenoxy) is 1. The fourth-order valence-corrected chi connectivity index (χ4v) is 1.18. The molecule has 0 aromatic heterocycles. The summed E-state index contributed by atoms with van der Waals surface area (Å²) in [5, 5.41) is 0. The van der Waals surface area contributed by atoms with Gasteiger partial charge < -0.3 is 15.4 Å². The summed E-state index contributed by atoms with van der Waals surface area (Å²) in [5.41, 5.74) is 5.37. The molecule has 0 atom stereocenters. The van der Waals surface area contributed by atoms with Crippen LogP contribution in [0.5, 0.6) is 0 Å². The zero-order valence-corrected chi connectivity index (χ0v) is 9.60. The molecule has 14 heavy (non-hydrogen) atoms. The van der Waals surface area contributed by atoms with Crippen molar-refractivity contribution in [1.82, 2.24) is 4.90 Å². The highest BCUT2D eigenvalue weighted by molar-refractivity contribution is 7.80. The molecule has 0 aromatic rings. The minimum absolute atomic E-state index is 0.0359. The van der Waals surface area contributed by atoms with Crippen molar-refractivity contribution in [3.05, 3.63) is 0 Å². The van der Waals surface area contributed by atoms with Gasteiger partial charge in [-0.3, -0.25) is 4.79 Å². The molecule has 5 heteroatoms. The molecule has 4 nitrogen and oxygen atoms in total. The summed E-state index contributed by atoms with van der Waals surface area (Å²) in [5.74, 6) is 0.0359. The lowest BCUT2D eigenvalue weighted by atomic mass is 10.3. The normalized spacial score (nSPS) is 9.86. The van der Waals surface area contributed by atoms with Crippen molar-refractivity contribution in [2.75, 3.05) is 26.3 Å². The second-order valence-electron chi connectivity index (χ2n) is 2.82. The molecule has 0 bridgehead atoms. The molecule has 0 unspecified atom stereocenters. The Morgan fingerprint density at radius 3 is 2.57 bits per heavy atom. The Balaban J connectivity index is 3.85. The SMILES string of the molecule is CCOCCC(=O)N(CC)CC(N)=S. The maximum Gasteiger partial charge on any atom is 0.225 e. The average molecular weight is 218 g/mol. The maximum atomic E-state index is 11.5. The Morgan fingerprint density at radius 2 is 2.14 bits per heavy atom. The highest BCUT2D eigenvalue weighted by Gasteiger charge is 2.11. The van der Waals surface area contributed by atoms with E-state index < -0.39 is 0 Å². The van der Waals surface area contributed by atoms with Crippen molar-refractivity contribution in [2.45, 2.75) is 20.3 Å². The van der Waals surface area contributed by atoms with E-state index in [-0.39, 0.29) is 5.91 Å². The highest BCUT2D eigenvalue weighted by atomic mass is 32.1. The van der Waals surface area contributed by atoms with Gasteiger partial charge in [-0.1, -0.05) is 12.2 Å². The van der Waals surface area contributed by atoms with Crippen LogP contribution < -0.4 is 5.73 Å². The van der Waals surface area contributed by atoms with Gasteiger partial charge in [0.2, 0.25) is 5.91 Å². The molecule has 2 N–H and O–H groups in total. The fourth-order valence-electron chi connectivity index (χ4n) is 1.03. The van der Waals surface area contributed by atoms with Crippen LogP contribution in [0.3, 0.4) is 0 Å². The molecule has 0 saturated heterocycles. The zero-order valence-electron chi connectivity index (χ0n) is 8.78. The van der Waals surface area contributed by atoms with Crippen LogP contribution in [0.25, 0.3) is 0 Å². The lowest BCUT2D eigenvalue weighted by Crippen LogP contribution is -2.37. The molecule has 1 amide bonds. The van der Waals surface area contributed by atoms with E-state index in [4.69, 9.17) is 22.7 Å². The number of hydrogen-bond donors (Lipinski definition) is 1. The molecule has 0 aliphatic carbocycles. The van der Waals surface area contributed by atoms with E-state index in [9.17, 15) is 4.79 Å². The lowest BCUT2D eigenvalue weighted by Gasteiger charge is -2.19. The number of likely N-dealkylation sites (N-methyl/N-ethyl adjacent to an activating group) is 1. The summed E-state index contributed by atoms with van der Waals surface area (Å²) in [7, 11) is 0. The van der Waals surface area contributed by atoms with Crippen molar-refractivity contribution >= 4 is 23.1 Å². The number of amides is 1. The van der Waals surface area contributed by atoms with E-state index in [1.165, 1.54) is 0 Å². The minimum Gasteiger partial charge on any atom is -0.392 e. The average Bonchev–Trinajstić information content (AvgIpc) is 2.14. The van der Waals surface area contributed by atoms with Gasteiger partial charge in [0.25, 0.3) is 0 Å². The molecular weight excluding hydrogens is 200 g/mol. The second kappa shape index (κ2) is 7.70. The summed E-state index contributed by atoms with van der Waals surface area (Å²) < 4.78 is 5.09. The summed E-state index contributed by atoms with van der Waals surface area (Å²) >= 11 is 4.75. The first-order chi connectivity index (χ1) is 6.61. The predicted molar refractivity (Wildman–Crippen MR) is 60.1 cm³/mol. The predicted octanol–water partition coefficient (Wildman–Crippen LogP) is 0.548. The van der Waals surface area contributed by atoms with Crippen LogP contribution in [0.1, 0.15) is 20.3 Å². The molecule has 0 saturated carbocycles. The minimum atomic E-state index is 0.0359. The Kier molecular flexibility index (Phi) is 7.32. The van der Waals surface area contributed by atoms with Gasteiger partial charge in [0.1, 0.15) is 0 Å². The maximum absolute atomic E-state index is 11.5. The number of nitrogens with zero attached hydrogens (tertiary/aromatic N) is 1. The van der Waals surface area contributed by atoms with Crippen molar-refractivity contribution in [1.29, 1.82) is 0 Å². The first-order valence-corrected chi connectivity index (χ1v) is 5.16. The monoisotopic (exact) mass is 218 g/mol. The van der Waals surface area contributed by atoms with Gasteiger partial charge in [0.15, 0.2) is 0 Å². The highest BCUT2D eigenvalue weighted by Crippen LogP contribution is 1.95. The van der Waals surface area contributed by atoms with Gasteiger partial charge in [-0.25, -0.2) is 0 Å². The van der Waals surface area contributed by atoms with Gasteiger partial charge in [-0.05, 0) is 13.8 Å². The molecule has 0 radical (unpaired) electrons. The number of thiocarbonyl (C=S) groups is 1. The molecular formula is C9H18N2O2S. The molecule has 0 rings (SSSR count). The summed E-state index contributed by atoms with van der Waals surface area (Å²) in [6.45, 7) is 5.88. The van der Waals surface area contributed by atoms with Crippen molar-refractivity contribution in [2.24, 2.45) is 5.73 Å². The first-order valence-electron chi connectivity index (χ1n) is 4.75. The molecule has 0 spiro atoms. The van der Waals surface area contributed by atoms with E-state index in [1.807, 2.05) is 13.8 Å². The summed E-state index contributed by atoms with van der Waals surface area (Å²) in [4.78, 5) is 13.5. The van der Waals surface area contributed by atoms with Crippen LogP contribution in [0.4, 0.5) is 0 Å². The lowest BCUT2D eigenvalue weighted by molar-refractivity contribution is -0.131. The third-order valence-electron chi connectivity index (χ3n) is 1.75. The number of nitrogens with two attached hydrogens (primary N) is 1. The van der Waals surface area contributed by atoms with Crippen LogP contribution in [0, 0.1) is 0 Å². The van der Waals surface area contributed by atoms with Gasteiger partial charge in [0, 0.05) is 13.2 Å². The molecule has 0 aliphatic rings. The van der Waals surface area contributed by atoms with Crippen LogP contribution in [-0.2, 0) is 9.53 Å². The van der Waals surface area contributed by atoms with Gasteiger partial charge in [0.05, 0.1) is 24.6 Å². The fraction of sp³-hybridized carbons (Fsp3) is 0.778. The molecule has 82 valence electrons. The van der Waals surface area contributed by atoms with Crippen LogP contribution in [0.15, 0.2) is 0 Å². The molecule has 0 heterocycles. The molecule has 0 fully saturated rings. The van der Waals surface area contributed by atoms with E-state index in [1.54, 1.807) is 4.90 Å². The van der Waals surface area contributed by atoms with Gasteiger partial charge >= 0.3 is 0 Å². The molecule has 0 aromatic carbocycles. The van der Waals surface area contributed by atoms with Crippen molar-refractivity contribution < 1.29 is 9.53 Å². The Hall–Kier alpha value is -0.680. The third kappa shape index (κ3) is 5.88. The topological polar surface area (TPSA) is 55.6 Å². The van der Waals surface area contributed by atoms with E-state index in [0.29, 0.717) is 37.7 Å². The Bertz CT molecular complexity index is 197. The third-order valence-corrected chi connectivity index (χ3v) is 1.87.